The lowest BCUT2D eigenvalue weighted by atomic mass is 10.2. The van der Waals surface area contributed by atoms with Crippen molar-refractivity contribution in [1.82, 2.24) is 0 Å². The molecule has 0 aliphatic carbocycles. The van der Waals surface area contributed by atoms with Crippen LogP contribution < -0.4 is 10.6 Å². The Labute approximate surface area is 101 Å². The maximum Gasteiger partial charge on any atom is 0.334 e. The highest BCUT2D eigenvalue weighted by molar-refractivity contribution is 14.1. The van der Waals surface area contributed by atoms with Crippen molar-refractivity contribution in [2.45, 2.75) is 13.0 Å². The Kier molecular flexibility index (Phi) is 3.04. The molecule has 0 amide bonds. The predicted molar refractivity (Wildman–Crippen MR) is 64.8 cm³/mol. The second-order valence-electron chi connectivity index (χ2n) is 3.20. The van der Waals surface area contributed by atoms with Gasteiger partial charge in [0.05, 0.1) is 12.0 Å². The molecule has 1 atom stereocenters. The van der Waals surface area contributed by atoms with E-state index in [1.807, 2.05) is 24.3 Å². The number of benzene rings is 1. The molecule has 0 spiro atoms. The molecule has 0 radical (unpaired) electrons. The van der Waals surface area contributed by atoms with Crippen molar-refractivity contribution >= 4 is 34.6 Å². The Bertz CT molecular complexity index is 510. The summed E-state index contributed by atoms with van der Waals surface area (Å²) in [5, 5.41) is 1.88. The second kappa shape index (κ2) is 4.30. The first-order valence-corrected chi connectivity index (χ1v) is 5.80. The maximum absolute atomic E-state index is 11.4. The summed E-state index contributed by atoms with van der Waals surface area (Å²) in [5.41, 5.74) is 0. The predicted octanol–water partition coefficient (Wildman–Crippen LogP) is 0.637. The molecule has 1 aromatic rings. The van der Waals surface area contributed by atoms with Gasteiger partial charge in [-0.3, -0.25) is 4.99 Å². The van der Waals surface area contributed by atoms with Gasteiger partial charge in [-0.2, -0.15) is 0 Å². The molecule has 0 N–H and O–H groups in total. The van der Waals surface area contributed by atoms with Crippen LogP contribution >= 0.6 is 22.6 Å². The van der Waals surface area contributed by atoms with Crippen LogP contribution in [0.4, 0.5) is 0 Å². The fourth-order valence-electron chi connectivity index (χ4n) is 1.48. The van der Waals surface area contributed by atoms with Crippen molar-refractivity contribution in [2.75, 3.05) is 6.61 Å². The average molecular weight is 315 g/mol. The summed E-state index contributed by atoms with van der Waals surface area (Å²) in [6, 6.07) is 5.45. The summed E-state index contributed by atoms with van der Waals surface area (Å²) < 4.78 is 6.06. The first-order valence-electron chi connectivity index (χ1n) is 4.72. The third kappa shape index (κ3) is 2.19. The normalized spacial score (nSPS) is 17.6. The summed E-state index contributed by atoms with van der Waals surface area (Å²) in [7, 11) is 0. The van der Waals surface area contributed by atoms with Crippen LogP contribution in [-0.4, -0.2) is 18.6 Å². The van der Waals surface area contributed by atoms with Crippen LogP contribution in [-0.2, 0) is 9.53 Å². The molecule has 2 rings (SSSR count). The molecule has 1 aromatic carbocycles. The standard InChI is InChI=1S/C11H10INO2/c1-2-15-11(14)10-6-7-5-8(12)3-4-9(7)13-10/h3-6,10H,2H2,1H3/t10-/m0/s1. The van der Waals surface area contributed by atoms with Crippen LogP contribution in [0.15, 0.2) is 23.2 Å². The van der Waals surface area contributed by atoms with Crippen LogP contribution in [0.1, 0.15) is 6.92 Å². The molecule has 0 saturated carbocycles. The molecule has 1 aliphatic rings. The first kappa shape index (κ1) is 10.6. The molecule has 3 nitrogen and oxygen atoms in total. The highest BCUT2D eigenvalue weighted by atomic mass is 127. The number of nitrogens with zero attached hydrogens (tertiary/aromatic N) is 1. The number of carbonyl (C=O) groups is 1. The lowest BCUT2D eigenvalue weighted by Crippen LogP contribution is -2.20. The van der Waals surface area contributed by atoms with Gasteiger partial charge in [-0.05, 0) is 59.0 Å². The quantitative estimate of drug-likeness (QED) is 0.593. The van der Waals surface area contributed by atoms with E-state index in [1.165, 1.54) is 0 Å². The van der Waals surface area contributed by atoms with E-state index in [-0.39, 0.29) is 5.97 Å². The van der Waals surface area contributed by atoms with E-state index in [0.29, 0.717) is 6.61 Å². The molecular weight excluding hydrogens is 305 g/mol. The van der Waals surface area contributed by atoms with Crippen LogP contribution in [0, 0.1) is 3.57 Å². The van der Waals surface area contributed by atoms with Gasteiger partial charge in [0.25, 0.3) is 0 Å². The number of esters is 1. The van der Waals surface area contributed by atoms with E-state index < -0.39 is 6.04 Å². The summed E-state index contributed by atoms with van der Waals surface area (Å²) in [5.74, 6) is -0.274. The van der Waals surface area contributed by atoms with Crippen molar-refractivity contribution in [3.05, 3.63) is 32.3 Å². The van der Waals surface area contributed by atoms with Gasteiger partial charge in [0.1, 0.15) is 0 Å². The number of halogens is 1. The zero-order chi connectivity index (χ0) is 10.8. The fraction of sp³-hybridized carbons (Fsp3) is 0.273. The van der Waals surface area contributed by atoms with Gasteiger partial charge in [0.2, 0.25) is 0 Å². The Balaban J connectivity index is 2.35. The summed E-state index contributed by atoms with van der Waals surface area (Å²) in [6.45, 7) is 2.19. The largest absolute Gasteiger partial charge is 0.464 e. The van der Waals surface area contributed by atoms with Gasteiger partial charge in [-0.1, -0.05) is 0 Å². The van der Waals surface area contributed by atoms with Gasteiger partial charge in [-0.25, -0.2) is 4.79 Å². The molecule has 78 valence electrons. The number of carbonyl (C=O) groups excluding carboxylic acids is 1. The van der Waals surface area contributed by atoms with Crippen LogP contribution in [0.2, 0.25) is 0 Å². The van der Waals surface area contributed by atoms with Gasteiger partial charge < -0.3 is 4.74 Å². The molecule has 0 fully saturated rings. The lowest BCUT2D eigenvalue weighted by molar-refractivity contribution is -0.142. The van der Waals surface area contributed by atoms with Crippen LogP contribution in [0.25, 0.3) is 6.08 Å². The lowest BCUT2D eigenvalue weighted by Gasteiger charge is -2.02. The number of rotatable bonds is 2. The molecule has 4 heteroatoms. The molecule has 1 heterocycles. The Morgan fingerprint density at radius 3 is 3.13 bits per heavy atom. The Hall–Kier alpha value is -0.910. The van der Waals surface area contributed by atoms with E-state index in [1.54, 1.807) is 6.92 Å². The minimum absolute atomic E-state index is 0.274. The maximum atomic E-state index is 11.4. The number of fused-ring (bicyclic) bond motifs is 1. The zero-order valence-electron chi connectivity index (χ0n) is 8.24. The second-order valence-corrected chi connectivity index (χ2v) is 4.44. The topological polar surface area (TPSA) is 38.7 Å². The van der Waals surface area contributed by atoms with Crippen molar-refractivity contribution in [3.63, 3.8) is 0 Å². The van der Waals surface area contributed by atoms with E-state index >= 15 is 0 Å². The van der Waals surface area contributed by atoms with Gasteiger partial charge >= 0.3 is 5.97 Å². The average Bonchev–Trinajstić information content (AvgIpc) is 2.60. The van der Waals surface area contributed by atoms with Crippen molar-refractivity contribution in [1.29, 1.82) is 0 Å². The monoisotopic (exact) mass is 315 g/mol. The molecule has 0 saturated heterocycles. The van der Waals surface area contributed by atoms with Crippen molar-refractivity contribution in [3.8, 4) is 0 Å². The molecule has 1 aliphatic heterocycles. The minimum Gasteiger partial charge on any atom is -0.464 e. The summed E-state index contributed by atoms with van der Waals surface area (Å²) in [4.78, 5) is 15.7. The first-order chi connectivity index (χ1) is 7.20. The van der Waals surface area contributed by atoms with Gasteiger partial charge in [0.15, 0.2) is 6.04 Å². The van der Waals surface area contributed by atoms with Crippen LogP contribution in [0.5, 0.6) is 0 Å². The van der Waals surface area contributed by atoms with E-state index in [9.17, 15) is 4.79 Å². The Morgan fingerprint density at radius 2 is 2.40 bits per heavy atom. The van der Waals surface area contributed by atoms with E-state index in [0.717, 1.165) is 14.1 Å². The molecule has 0 aromatic heterocycles. The molecule has 0 unspecified atom stereocenters. The number of hydrogen-bond donors (Lipinski definition) is 0. The number of ether oxygens (including phenoxy) is 1. The van der Waals surface area contributed by atoms with Crippen LogP contribution in [0.3, 0.4) is 0 Å². The highest BCUT2D eigenvalue weighted by Gasteiger charge is 2.18. The third-order valence-electron chi connectivity index (χ3n) is 2.13. The SMILES string of the molecule is CCOC(=O)[C@@H]1C=c2cc(I)ccc2=N1. The smallest absolute Gasteiger partial charge is 0.334 e. The molecule has 15 heavy (non-hydrogen) atoms. The summed E-state index contributed by atoms with van der Waals surface area (Å²) >= 11 is 2.24. The van der Waals surface area contributed by atoms with Crippen molar-refractivity contribution in [2.24, 2.45) is 4.99 Å². The number of hydrogen-bond acceptors (Lipinski definition) is 3. The third-order valence-corrected chi connectivity index (χ3v) is 2.80. The van der Waals surface area contributed by atoms with E-state index in [2.05, 4.69) is 27.6 Å². The molecule has 0 bridgehead atoms. The highest BCUT2D eigenvalue weighted by Crippen LogP contribution is 2.02. The zero-order valence-corrected chi connectivity index (χ0v) is 10.4. The van der Waals surface area contributed by atoms with Gasteiger partial charge in [0, 0.05) is 3.57 Å². The fourth-order valence-corrected chi connectivity index (χ4v) is 2.00. The Morgan fingerprint density at radius 1 is 1.60 bits per heavy atom. The molecular formula is C11H10INO2. The van der Waals surface area contributed by atoms with Gasteiger partial charge in [-0.15, -0.1) is 0 Å². The van der Waals surface area contributed by atoms with E-state index in [4.69, 9.17) is 4.74 Å². The van der Waals surface area contributed by atoms with Crippen molar-refractivity contribution < 1.29 is 9.53 Å². The summed E-state index contributed by atoms with van der Waals surface area (Å²) in [6.07, 6.45) is 1.84. The minimum atomic E-state index is -0.460.